The highest BCUT2D eigenvalue weighted by atomic mass is 16.1. The SMILES string of the molecule is N#CCNC(=O)c1cccnc1-n1cc(-c2ccnc3nc[nH]c23)cn1. The molecule has 0 bridgehead atoms. The molecule has 0 aliphatic rings. The van der Waals surface area contributed by atoms with Gasteiger partial charge in [0, 0.05) is 29.7 Å². The number of aromatic nitrogens is 6. The molecule has 2 N–H and O–H groups in total. The molecule has 0 radical (unpaired) electrons. The molecule has 0 aromatic carbocycles. The maximum absolute atomic E-state index is 12.2. The molecule has 26 heavy (non-hydrogen) atoms. The van der Waals surface area contributed by atoms with E-state index in [2.05, 4.69) is 30.4 Å². The smallest absolute Gasteiger partial charge is 0.255 e. The summed E-state index contributed by atoms with van der Waals surface area (Å²) in [5.74, 6) is -0.00401. The van der Waals surface area contributed by atoms with Crippen LogP contribution in [-0.4, -0.2) is 42.2 Å². The molecule has 126 valence electrons. The summed E-state index contributed by atoms with van der Waals surface area (Å²) < 4.78 is 1.53. The summed E-state index contributed by atoms with van der Waals surface area (Å²) in [6.45, 7) is -0.0770. The molecule has 0 saturated carbocycles. The number of nitrogens with one attached hydrogen (secondary N) is 2. The molecule has 0 aliphatic carbocycles. The van der Waals surface area contributed by atoms with Gasteiger partial charge in [-0.1, -0.05) is 0 Å². The van der Waals surface area contributed by atoms with Crippen molar-refractivity contribution in [2.45, 2.75) is 0 Å². The topological polar surface area (TPSA) is 125 Å². The van der Waals surface area contributed by atoms with Gasteiger partial charge >= 0.3 is 0 Å². The van der Waals surface area contributed by atoms with E-state index in [1.807, 2.05) is 12.1 Å². The van der Waals surface area contributed by atoms with E-state index in [4.69, 9.17) is 5.26 Å². The molecular formula is C17H12N8O. The predicted octanol–water partition coefficient (Wildman–Crippen LogP) is 1.46. The molecular weight excluding hydrogens is 332 g/mol. The molecule has 9 heteroatoms. The van der Waals surface area contributed by atoms with Gasteiger partial charge in [-0.25, -0.2) is 19.6 Å². The van der Waals surface area contributed by atoms with Crippen LogP contribution in [0.15, 0.2) is 49.3 Å². The number of pyridine rings is 2. The summed E-state index contributed by atoms with van der Waals surface area (Å²) in [5, 5.41) is 15.5. The molecule has 0 aliphatic heterocycles. The lowest BCUT2D eigenvalue weighted by Crippen LogP contribution is -2.25. The van der Waals surface area contributed by atoms with E-state index in [9.17, 15) is 4.79 Å². The fraction of sp³-hybridized carbons (Fsp3) is 0.0588. The van der Waals surface area contributed by atoms with Gasteiger partial charge in [-0.3, -0.25) is 4.79 Å². The summed E-state index contributed by atoms with van der Waals surface area (Å²) >= 11 is 0. The maximum atomic E-state index is 12.2. The Labute approximate surface area is 147 Å². The highest BCUT2D eigenvalue weighted by Gasteiger charge is 2.15. The summed E-state index contributed by atoms with van der Waals surface area (Å²) in [6, 6.07) is 7.03. The average Bonchev–Trinajstić information content (AvgIpc) is 3.35. The number of carbonyl (C=O) groups excluding carboxylic acids is 1. The monoisotopic (exact) mass is 344 g/mol. The van der Waals surface area contributed by atoms with E-state index >= 15 is 0 Å². The second-order valence-electron chi connectivity index (χ2n) is 5.35. The van der Waals surface area contributed by atoms with Gasteiger partial charge in [0.25, 0.3) is 5.91 Å². The number of fused-ring (bicyclic) bond motifs is 1. The molecule has 4 aromatic rings. The van der Waals surface area contributed by atoms with E-state index in [0.29, 0.717) is 17.0 Å². The molecule has 1 amide bonds. The standard InChI is InChI=1S/C17H12N8O/c18-4-7-21-17(26)13-2-1-5-20-16(13)25-9-11(8-24-25)12-3-6-19-15-14(12)22-10-23-15/h1-3,5-6,8-10H,7H2,(H,21,26)(H,19,22,23). The Bertz CT molecular complexity index is 1140. The van der Waals surface area contributed by atoms with Crippen LogP contribution in [-0.2, 0) is 0 Å². The first kappa shape index (κ1) is 15.5. The number of amides is 1. The molecule has 9 nitrogen and oxygen atoms in total. The summed E-state index contributed by atoms with van der Waals surface area (Å²) in [4.78, 5) is 27.9. The van der Waals surface area contributed by atoms with Gasteiger partial charge in [-0.2, -0.15) is 10.4 Å². The third-order valence-electron chi connectivity index (χ3n) is 3.80. The highest BCUT2D eigenvalue weighted by Crippen LogP contribution is 2.25. The lowest BCUT2D eigenvalue weighted by Gasteiger charge is -2.07. The van der Waals surface area contributed by atoms with E-state index in [1.54, 1.807) is 43.2 Å². The van der Waals surface area contributed by atoms with Crippen molar-refractivity contribution in [3.8, 4) is 23.0 Å². The van der Waals surface area contributed by atoms with Crippen LogP contribution in [0.2, 0.25) is 0 Å². The maximum Gasteiger partial charge on any atom is 0.255 e. The van der Waals surface area contributed by atoms with Crippen molar-refractivity contribution in [3.63, 3.8) is 0 Å². The van der Waals surface area contributed by atoms with Crippen molar-refractivity contribution in [1.29, 1.82) is 5.26 Å². The molecule has 4 heterocycles. The minimum absolute atomic E-state index is 0.0770. The first-order valence-electron chi connectivity index (χ1n) is 7.71. The minimum atomic E-state index is -0.383. The van der Waals surface area contributed by atoms with Crippen molar-refractivity contribution in [2.75, 3.05) is 6.54 Å². The van der Waals surface area contributed by atoms with E-state index < -0.39 is 0 Å². The van der Waals surface area contributed by atoms with Gasteiger partial charge in [0.1, 0.15) is 6.54 Å². The van der Waals surface area contributed by atoms with Crippen LogP contribution in [0.4, 0.5) is 0 Å². The van der Waals surface area contributed by atoms with Crippen LogP contribution in [0.3, 0.4) is 0 Å². The summed E-state index contributed by atoms with van der Waals surface area (Å²) in [6.07, 6.45) is 8.30. The third-order valence-corrected chi connectivity index (χ3v) is 3.80. The van der Waals surface area contributed by atoms with E-state index in [0.717, 1.165) is 16.6 Å². The zero-order valence-corrected chi connectivity index (χ0v) is 13.4. The fourth-order valence-electron chi connectivity index (χ4n) is 2.64. The number of carbonyl (C=O) groups is 1. The van der Waals surface area contributed by atoms with Gasteiger partial charge in [0.15, 0.2) is 11.5 Å². The number of nitrogens with zero attached hydrogens (tertiary/aromatic N) is 6. The Morgan fingerprint density at radius 1 is 1.27 bits per heavy atom. The fourth-order valence-corrected chi connectivity index (χ4v) is 2.64. The zero-order valence-electron chi connectivity index (χ0n) is 13.4. The third kappa shape index (κ3) is 2.65. The number of nitriles is 1. The molecule has 0 atom stereocenters. The normalized spacial score (nSPS) is 10.6. The molecule has 0 saturated heterocycles. The molecule has 0 fully saturated rings. The number of H-pyrrole nitrogens is 1. The van der Waals surface area contributed by atoms with Crippen molar-refractivity contribution < 1.29 is 4.79 Å². The first-order valence-corrected chi connectivity index (χ1v) is 7.71. The molecule has 0 unspecified atom stereocenters. The molecule has 0 spiro atoms. The number of imidazole rings is 1. The molecule has 4 rings (SSSR count). The average molecular weight is 344 g/mol. The van der Waals surface area contributed by atoms with Crippen LogP contribution in [0, 0.1) is 11.3 Å². The number of aromatic amines is 1. The van der Waals surface area contributed by atoms with Gasteiger partial charge < -0.3 is 10.3 Å². The van der Waals surface area contributed by atoms with Crippen molar-refractivity contribution in [3.05, 3.63) is 54.9 Å². The van der Waals surface area contributed by atoms with Gasteiger partial charge in [0.2, 0.25) is 0 Å². The van der Waals surface area contributed by atoms with Gasteiger partial charge in [-0.15, -0.1) is 0 Å². The second-order valence-corrected chi connectivity index (χ2v) is 5.35. The predicted molar refractivity (Wildman–Crippen MR) is 92.2 cm³/mol. The van der Waals surface area contributed by atoms with Gasteiger partial charge in [-0.05, 0) is 18.2 Å². The van der Waals surface area contributed by atoms with Crippen LogP contribution in [0.5, 0.6) is 0 Å². The summed E-state index contributed by atoms with van der Waals surface area (Å²) in [5.41, 5.74) is 3.48. The summed E-state index contributed by atoms with van der Waals surface area (Å²) in [7, 11) is 0. The lowest BCUT2D eigenvalue weighted by molar-refractivity contribution is 0.0958. The van der Waals surface area contributed by atoms with Gasteiger partial charge in [0.05, 0.1) is 29.7 Å². The Morgan fingerprint density at radius 3 is 3.08 bits per heavy atom. The van der Waals surface area contributed by atoms with E-state index in [1.165, 1.54) is 4.68 Å². The van der Waals surface area contributed by atoms with Crippen molar-refractivity contribution >= 4 is 17.1 Å². The largest absolute Gasteiger partial charge is 0.343 e. The van der Waals surface area contributed by atoms with Crippen LogP contribution in [0.25, 0.3) is 28.1 Å². The quantitative estimate of drug-likeness (QED) is 0.540. The molecule has 4 aromatic heterocycles. The second kappa shape index (κ2) is 6.45. The van der Waals surface area contributed by atoms with Crippen LogP contribution in [0.1, 0.15) is 10.4 Å². The van der Waals surface area contributed by atoms with Crippen LogP contribution >= 0.6 is 0 Å². The zero-order chi connectivity index (χ0) is 17.9. The number of rotatable bonds is 4. The van der Waals surface area contributed by atoms with Crippen molar-refractivity contribution in [1.82, 2.24) is 35.0 Å². The minimum Gasteiger partial charge on any atom is -0.343 e. The number of hydrogen-bond acceptors (Lipinski definition) is 6. The Hall–Kier alpha value is -4.06. The highest BCUT2D eigenvalue weighted by molar-refractivity contribution is 5.97. The lowest BCUT2D eigenvalue weighted by atomic mass is 10.1. The first-order chi connectivity index (χ1) is 12.8. The number of hydrogen-bond donors (Lipinski definition) is 2. The van der Waals surface area contributed by atoms with Crippen LogP contribution < -0.4 is 5.32 Å². The van der Waals surface area contributed by atoms with E-state index in [-0.39, 0.29) is 12.5 Å². The Kier molecular flexibility index (Phi) is 3.83. The Balaban J connectivity index is 1.75. The Morgan fingerprint density at radius 2 is 2.19 bits per heavy atom. The van der Waals surface area contributed by atoms with Crippen molar-refractivity contribution in [2.24, 2.45) is 0 Å².